The maximum absolute atomic E-state index is 11.8. The minimum atomic E-state index is -2.88. The second-order valence-corrected chi connectivity index (χ2v) is 7.84. The summed E-state index contributed by atoms with van der Waals surface area (Å²) < 4.78 is 23.6. The van der Waals surface area contributed by atoms with Crippen LogP contribution in [-0.2, 0) is 9.84 Å². The van der Waals surface area contributed by atoms with Gasteiger partial charge in [0.05, 0.1) is 17.0 Å². The van der Waals surface area contributed by atoms with Crippen LogP contribution in [0, 0.1) is 5.92 Å². The Hall–Kier alpha value is -1.46. The molecule has 112 valence electrons. The predicted octanol–water partition coefficient (Wildman–Crippen LogP) is 2.32. The molecular weight excluding hydrogens is 284 g/mol. The van der Waals surface area contributed by atoms with E-state index in [1.807, 2.05) is 18.2 Å². The van der Waals surface area contributed by atoms with E-state index in [0.29, 0.717) is 5.75 Å². The zero-order chi connectivity index (χ0) is 14.9. The Bertz CT molecular complexity index is 738. The second-order valence-electron chi connectivity index (χ2n) is 5.62. The molecule has 1 aromatic carbocycles. The fraction of sp³-hybridized carbons (Fsp3) is 0.438. The Labute approximate surface area is 125 Å². The molecule has 0 saturated carbocycles. The van der Waals surface area contributed by atoms with Gasteiger partial charge in [-0.25, -0.2) is 8.42 Å². The number of rotatable bonds is 4. The minimum absolute atomic E-state index is 0.0696. The maximum Gasteiger partial charge on any atom is 0.150 e. The van der Waals surface area contributed by atoms with Crippen molar-refractivity contribution in [2.75, 3.05) is 18.1 Å². The van der Waals surface area contributed by atoms with Gasteiger partial charge in [0.1, 0.15) is 0 Å². The van der Waals surface area contributed by atoms with Crippen molar-refractivity contribution in [1.82, 2.24) is 10.3 Å². The average Bonchev–Trinajstić information content (AvgIpc) is 2.84. The Morgan fingerprint density at radius 2 is 2.19 bits per heavy atom. The van der Waals surface area contributed by atoms with E-state index in [-0.39, 0.29) is 17.7 Å². The van der Waals surface area contributed by atoms with E-state index in [4.69, 9.17) is 0 Å². The lowest BCUT2D eigenvalue weighted by atomic mass is 9.90. The number of sulfone groups is 1. The van der Waals surface area contributed by atoms with E-state index in [2.05, 4.69) is 29.4 Å². The summed E-state index contributed by atoms with van der Waals surface area (Å²) in [4.78, 5) is 4.39. The summed E-state index contributed by atoms with van der Waals surface area (Å²) in [5, 5.41) is 4.59. The lowest BCUT2D eigenvalue weighted by molar-refractivity contribution is 0.402. The number of fused-ring (bicyclic) bond motifs is 1. The van der Waals surface area contributed by atoms with E-state index in [9.17, 15) is 8.42 Å². The van der Waals surface area contributed by atoms with Crippen molar-refractivity contribution in [3.05, 3.63) is 42.1 Å². The quantitative estimate of drug-likeness (QED) is 0.942. The molecule has 2 unspecified atom stereocenters. The van der Waals surface area contributed by atoms with Crippen LogP contribution in [0.5, 0.6) is 0 Å². The first-order valence-electron chi connectivity index (χ1n) is 7.38. The van der Waals surface area contributed by atoms with Crippen LogP contribution in [0.3, 0.4) is 0 Å². The normalized spacial score (nSPS) is 22.4. The largest absolute Gasteiger partial charge is 0.310 e. The van der Waals surface area contributed by atoms with Gasteiger partial charge in [-0.15, -0.1) is 0 Å². The van der Waals surface area contributed by atoms with Crippen LogP contribution in [0.4, 0.5) is 0 Å². The molecular formula is C16H20N2O2S. The van der Waals surface area contributed by atoms with E-state index in [0.717, 1.165) is 29.4 Å². The molecule has 1 aromatic heterocycles. The van der Waals surface area contributed by atoms with Crippen molar-refractivity contribution in [3.63, 3.8) is 0 Å². The van der Waals surface area contributed by atoms with Gasteiger partial charge in [-0.05, 0) is 36.6 Å². The van der Waals surface area contributed by atoms with E-state index < -0.39 is 9.84 Å². The fourth-order valence-electron chi connectivity index (χ4n) is 3.24. The summed E-state index contributed by atoms with van der Waals surface area (Å²) in [5.74, 6) is 0.727. The molecule has 1 saturated heterocycles. The van der Waals surface area contributed by atoms with Crippen molar-refractivity contribution >= 4 is 20.7 Å². The Morgan fingerprint density at radius 3 is 2.90 bits per heavy atom. The van der Waals surface area contributed by atoms with Crippen molar-refractivity contribution in [2.45, 2.75) is 19.4 Å². The maximum atomic E-state index is 11.8. The van der Waals surface area contributed by atoms with Gasteiger partial charge in [0.2, 0.25) is 0 Å². The number of hydrogen-bond acceptors (Lipinski definition) is 4. The first-order chi connectivity index (χ1) is 10.1. The topological polar surface area (TPSA) is 59.1 Å². The highest BCUT2D eigenvalue weighted by Gasteiger charge is 2.34. The SMILES string of the molecule is CCNC(c1cccc2ncccc12)C1CCS(=O)(=O)C1. The Balaban J connectivity index is 2.04. The first kappa shape index (κ1) is 14.5. The molecule has 0 aliphatic carbocycles. The molecule has 2 atom stereocenters. The molecule has 0 spiro atoms. The molecule has 5 heteroatoms. The van der Waals surface area contributed by atoms with E-state index in [1.165, 1.54) is 0 Å². The highest BCUT2D eigenvalue weighted by atomic mass is 32.2. The Morgan fingerprint density at radius 1 is 1.33 bits per heavy atom. The lowest BCUT2D eigenvalue weighted by Gasteiger charge is -2.25. The first-order valence-corrected chi connectivity index (χ1v) is 9.20. The van der Waals surface area contributed by atoms with Gasteiger partial charge in [0.15, 0.2) is 9.84 Å². The summed E-state index contributed by atoms with van der Waals surface area (Å²) in [6.07, 6.45) is 2.52. The van der Waals surface area contributed by atoms with E-state index in [1.54, 1.807) is 6.20 Å². The molecule has 1 aliphatic rings. The van der Waals surface area contributed by atoms with Crippen LogP contribution in [0.25, 0.3) is 10.9 Å². The van der Waals surface area contributed by atoms with Crippen LogP contribution in [0.2, 0.25) is 0 Å². The van der Waals surface area contributed by atoms with Crippen LogP contribution in [-0.4, -0.2) is 31.5 Å². The monoisotopic (exact) mass is 304 g/mol. The van der Waals surface area contributed by atoms with Gasteiger partial charge in [-0.1, -0.05) is 25.1 Å². The molecule has 0 amide bonds. The average molecular weight is 304 g/mol. The summed E-state index contributed by atoms with van der Waals surface area (Å²) in [7, 11) is -2.88. The standard InChI is InChI=1S/C16H20N2O2S/c1-2-17-16(12-8-10-21(19,20)11-12)14-5-3-7-15-13(14)6-4-9-18-15/h3-7,9,12,16-17H,2,8,10-11H2,1H3. The predicted molar refractivity (Wildman–Crippen MR) is 84.9 cm³/mol. The molecule has 1 fully saturated rings. The summed E-state index contributed by atoms with van der Waals surface area (Å²) in [6.45, 7) is 2.87. The minimum Gasteiger partial charge on any atom is -0.310 e. The number of pyridine rings is 1. The van der Waals surface area contributed by atoms with Crippen molar-refractivity contribution in [3.8, 4) is 0 Å². The van der Waals surface area contributed by atoms with Crippen LogP contribution >= 0.6 is 0 Å². The third-order valence-electron chi connectivity index (χ3n) is 4.18. The van der Waals surface area contributed by atoms with Gasteiger partial charge in [0.25, 0.3) is 0 Å². The molecule has 2 heterocycles. The number of benzene rings is 1. The molecule has 4 nitrogen and oxygen atoms in total. The molecule has 0 bridgehead atoms. The highest BCUT2D eigenvalue weighted by molar-refractivity contribution is 7.91. The van der Waals surface area contributed by atoms with Gasteiger partial charge in [0, 0.05) is 17.6 Å². The van der Waals surface area contributed by atoms with Gasteiger partial charge >= 0.3 is 0 Å². The smallest absolute Gasteiger partial charge is 0.150 e. The summed E-state index contributed by atoms with van der Waals surface area (Å²) >= 11 is 0. The number of nitrogens with zero attached hydrogens (tertiary/aromatic N) is 1. The molecule has 21 heavy (non-hydrogen) atoms. The highest BCUT2D eigenvalue weighted by Crippen LogP contribution is 2.34. The summed E-state index contributed by atoms with van der Waals surface area (Å²) in [6, 6.07) is 10.1. The molecule has 1 aliphatic heterocycles. The third-order valence-corrected chi connectivity index (χ3v) is 5.97. The van der Waals surface area contributed by atoms with Crippen molar-refractivity contribution in [2.24, 2.45) is 5.92 Å². The number of hydrogen-bond donors (Lipinski definition) is 1. The van der Waals surface area contributed by atoms with Crippen molar-refractivity contribution < 1.29 is 8.42 Å². The molecule has 0 radical (unpaired) electrons. The van der Waals surface area contributed by atoms with Crippen molar-refractivity contribution in [1.29, 1.82) is 0 Å². The van der Waals surface area contributed by atoms with Crippen LogP contribution < -0.4 is 5.32 Å². The summed E-state index contributed by atoms with van der Waals surface area (Å²) in [5.41, 5.74) is 2.11. The molecule has 1 N–H and O–H groups in total. The van der Waals surface area contributed by atoms with Crippen LogP contribution in [0.15, 0.2) is 36.5 Å². The lowest BCUT2D eigenvalue weighted by Crippen LogP contribution is -2.29. The number of aromatic nitrogens is 1. The fourth-order valence-corrected chi connectivity index (χ4v) is 5.08. The molecule has 2 aromatic rings. The van der Waals surface area contributed by atoms with Gasteiger partial charge < -0.3 is 5.32 Å². The van der Waals surface area contributed by atoms with E-state index >= 15 is 0 Å². The zero-order valence-electron chi connectivity index (χ0n) is 12.1. The second kappa shape index (κ2) is 5.73. The number of nitrogens with one attached hydrogen (secondary N) is 1. The van der Waals surface area contributed by atoms with Gasteiger partial charge in [-0.2, -0.15) is 0 Å². The van der Waals surface area contributed by atoms with Crippen LogP contribution in [0.1, 0.15) is 24.9 Å². The Kier molecular flexibility index (Phi) is 3.95. The third kappa shape index (κ3) is 2.94. The van der Waals surface area contributed by atoms with Gasteiger partial charge in [-0.3, -0.25) is 4.98 Å². The zero-order valence-corrected chi connectivity index (χ0v) is 12.9. The molecule has 3 rings (SSSR count).